The first-order valence-electron chi connectivity index (χ1n) is 6.73. The number of nitrogens with one attached hydrogen (secondary N) is 1. The first-order chi connectivity index (χ1) is 10.2. The third kappa shape index (κ3) is 3.29. The fourth-order valence-corrected chi connectivity index (χ4v) is 2.09. The minimum Gasteiger partial charge on any atom is -0.480 e. The maximum Gasteiger partial charge on any atom is 0.240 e. The Bertz CT molecular complexity index is 587. The van der Waals surface area contributed by atoms with Gasteiger partial charge in [0, 0.05) is 0 Å². The molecule has 1 unspecified atom stereocenters. The second-order valence-electron chi connectivity index (χ2n) is 4.50. The van der Waals surface area contributed by atoms with Crippen molar-refractivity contribution in [2.75, 3.05) is 14.2 Å². The average molecular weight is 288 g/mol. The molecule has 1 atom stereocenters. The van der Waals surface area contributed by atoms with Crippen LogP contribution in [0.4, 0.5) is 0 Å². The Labute approximate surface area is 124 Å². The predicted molar refractivity (Wildman–Crippen MR) is 80.1 cm³/mol. The molecule has 2 rings (SSSR count). The Kier molecular flexibility index (Phi) is 5.08. The quantitative estimate of drug-likeness (QED) is 0.621. The van der Waals surface area contributed by atoms with Gasteiger partial charge in [0.05, 0.1) is 26.5 Å². The number of rotatable bonds is 6. The lowest BCUT2D eigenvalue weighted by atomic mass is 10.0. The van der Waals surface area contributed by atoms with E-state index < -0.39 is 0 Å². The van der Waals surface area contributed by atoms with Gasteiger partial charge in [0.25, 0.3) is 0 Å². The van der Waals surface area contributed by atoms with Crippen LogP contribution in [-0.2, 0) is 6.42 Å². The van der Waals surface area contributed by atoms with Crippen LogP contribution in [0.15, 0.2) is 30.5 Å². The van der Waals surface area contributed by atoms with E-state index in [1.54, 1.807) is 13.3 Å². The van der Waals surface area contributed by atoms with Gasteiger partial charge in [0.2, 0.25) is 11.8 Å². The summed E-state index contributed by atoms with van der Waals surface area (Å²) in [6.07, 6.45) is 2.54. The van der Waals surface area contributed by atoms with Gasteiger partial charge >= 0.3 is 0 Å². The lowest BCUT2D eigenvalue weighted by Crippen LogP contribution is -2.30. The van der Waals surface area contributed by atoms with Gasteiger partial charge in [0.15, 0.2) is 0 Å². The zero-order chi connectivity index (χ0) is 15.2. The highest BCUT2D eigenvalue weighted by molar-refractivity contribution is 5.35. The van der Waals surface area contributed by atoms with Crippen LogP contribution in [0, 0.1) is 0 Å². The van der Waals surface area contributed by atoms with E-state index in [2.05, 4.69) is 34.5 Å². The summed E-state index contributed by atoms with van der Waals surface area (Å²) in [5, 5.41) is 0. The van der Waals surface area contributed by atoms with Gasteiger partial charge in [-0.1, -0.05) is 31.2 Å². The lowest BCUT2D eigenvalue weighted by molar-refractivity contribution is 0.352. The van der Waals surface area contributed by atoms with Gasteiger partial charge in [-0.05, 0) is 17.5 Å². The van der Waals surface area contributed by atoms with Crippen molar-refractivity contribution in [3.8, 4) is 11.8 Å². The summed E-state index contributed by atoms with van der Waals surface area (Å²) in [5.41, 5.74) is 5.64. The van der Waals surface area contributed by atoms with Crippen LogP contribution in [-0.4, -0.2) is 24.2 Å². The molecular weight excluding hydrogens is 268 g/mol. The highest BCUT2D eigenvalue weighted by Crippen LogP contribution is 2.27. The minimum absolute atomic E-state index is 0.302. The molecular formula is C15H20N4O2. The summed E-state index contributed by atoms with van der Waals surface area (Å²) in [5.74, 6) is 6.48. The summed E-state index contributed by atoms with van der Waals surface area (Å²) in [4.78, 5) is 8.59. The summed E-state index contributed by atoms with van der Waals surface area (Å²) in [7, 11) is 3.08. The second kappa shape index (κ2) is 7.01. The Morgan fingerprint density at radius 3 is 2.43 bits per heavy atom. The molecule has 6 nitrogen and oxygen atoms in total. The molecule has 2 aromatic rings. The van der Waals surface area contributed by atoms with Crippen molar-refractivity contribution in [2.45, 2.75) is 19.4 Å². The molecule has 3 N–H and O–H groups in total. The van der Waals surface area contributed by atoms with Crippen LogP contribution in [0.5, 0.6) is 11.8 Å². The molecule has 1 aromatic heterocycles. The Balaban J connectivity index is 2.40. The average Bonchev–Trinajstić information content (AvgIpc) is 2.56. The smallest absolute Gasteiger partial charge is 0.240 e. The van der Waals surface area contributed by atoms with E-state index in [0.29, 0.717) is 17.5 Å². The second-order valence-corrected chi connectivity index (χ2v) is 4.50. The van der Waals surface area contributed by atoms with E-state index in [1.165, 1.54) is 12.7 Å². The zero-order valence-electron chi connectivity index (χ0n) is 12.5. The van der Waals surface area contributed by atoms with Crippen LogP contribution in [0.1, 0.15) is 29.8 Å². The van der Waals surface area contributed by atoms with E-state index in [1.807, 2.05) is 12.1 Å². The van der Waals surface area contributed by atoms with Crippen LogP contribution < -0.4 is 20.7 Å². The number of hydrazine groups is 1. The maximum absolute atomic E-state index is 5.70. The zero-order valence-corrected chi connectivity index (χ0v) is 12.5. The summed E-state index contributed by atoms with van der Waals surface area (Å²) in [6.45, 7) is 2.12. The van der Waals surface area contributed by atoms with E-state index in [0.717, 1.165) is 12.0 Å². The highest BCUT2D eigenvalue weighted by Gasteiger charge is 2.20. The molecule has 0 fully saturated rings. The number of hydrogen-bond acceptors (Lipinski definition) is 6. The lowest BCUT2D eigenvalue weighted by Gasteiger charge is -2.18. The highest BCUT2D eigenvalue weighted by atomic mass is 16.5. The standard InChI is InChI=1S/C15H20N4O2/c1-4-10-5-7-11(8-6-10)13(19-16)14-15(21-3)18-12(20-2)9-17-14/h5-9,13,19H,4,16H2,1-3H3. The van der Waals surface area contributed by atoms with Crippen LogP contribution in [0.3, 0.4) is 0 Å². The molecule has 0 amide bonds. The third-order valence-electron chi connectivity index (χ3n) is 3.31. The fraction of sp³-hybridized carbons (Fsp3) is 0.333. The van der Waals surface area contributed by atoms with Gasteiger partial charge in [-0.3, -0.25) is 5.84 Å². The van der Waals surface area contributed by atoms with Crippen molar-refractivity contribution >= 4 is 0 Å². The largest absolute Gasteiger partial charge is 0.480 e. The van der Waals surface area contributed by atoms with Gasteiger partial charge in [-0.2, -0.15) is 4.98 Å². The summed E-state index contributed by atoms with van der Waals surface area (Å²) < 4.78 is 10.3. The molecule has 0 saturated carbocycles. The molecule has 0 spiro atoms. The normalized spacial score (nSPS) is 12.0. The molecule has 0 aliphatic heterocycles. The minimum atomic E-state index is -0.302. The van der Waals surface area contributed by atoms with Gasteiger partial charge in [0.1, 0.15) is 5.69 Å². The van der Waals surface area contributed by atoms with Gasteiger partial charge < -0.3 is 9.47 Å². The van der Waals surface area contributed by atoms with Gasteiger partial charge in [-0.15, -0.1) is 0 Å². The molecule has 6 heteroatoms. The first-order valence-corrected chi connectivity index (χ1v) is 6.73. The predicted octanol–water partition coefficient (Wildman–Crippen LogP) is 1.61. The van der Waals surface area contributed by atoms with E-state index in [4.69, 9.17) is 15.3 Å². The summed E-state index contributed by atoms with van der Waals surface area (Å²) >= 11 is 0. The number of nitrogens with two attached hydrogens (primary N) is 1. The Hall–Kier alpha value is -2.18. The Morgan fingerprint density at radius 1 is 1.19 bits per heavy atom. The molecule has 0 radical (unpaired) electrons. The van der Waals surface area contributed by atoms with Crippen molar-refractivity contribution in [1.29, 1.82) is 0 Å². The molecule has 0 aliphatic carbocycles. The number of aromatic nitrogens is 2. The van der Waals surface area contributed by atoms with Crippen LogP contribution >= 0.6 is 0 Å². The molecule has 1 aromatic carbocycles. The number of methoxy groups -OCH3 is 2. The van der Waals surface area contributed by atoms with Crippen molar-refractivity contribution in [3.63, 3.8) is 0 Å². The van der Waals surface area contributed by atoms with Crippen molar-refractivity contribution in [2.24, 2.45) is 5.84 Å². The molecule has 0 aliphatic rings. The topological polar surface area (TPSA) is 82.3 Å². The monoisotopic (exact) mass is 288 g/mol. The van der Waals surface area contributed by atoms with Crippen molar-refractivity contribution < 1.29 is 9.47 Å². The third-order valence-corrected chi connectivity index (χ3v) is 3.31. The molecule has 1 heterocycles. The number of nitrogens with zero attached hydrogens (tertiary/aromatic N) is 2. The van der Waals surface area contributed by atoms with Gasteiger partial charge in [-0.25, -0.2) is 10.4 Å². The number of ether oxygens (including phenoxy) is 2. The molecule has 0 saturated heterocycles. The Morgan fingerprint density at radius 2 is 1.90 bits per heavy atom. The van der Waals surface area contributed by atoms with Crippen molar-refractivity contribution in [1.82, 2.24) is 15.4 Å². The van der Waals surface area contributed by atoms with E-state index >= 15 is 0 Å². The van der Waals surface area contributed by atoms with E-state index in [-0.39, 0.29) is 6.04 Å². The van der Waals surface area contributed by atoms with Crippen molar-refractivity contribution in [3.05, 3.63) is 47.3 Å². The molecule has 21 heavy (non-hydrogen) atoms. The number of benzene rings is 1. The fourth-order valence-electron chi connectivity index (χ4n) is 2.09. The van der Waals surface area contributed by atoms with E-state index in [9.17, 15) is 0 Å². The maximum atomic E-state index is 5.70. The number of aryl methyl sites for hydroxylation is 1. The molecule has 0 bridgehead atoms. The SMILES string of the molecule is CCc1ccc(C(NN)c2ncc(OC)nc2OC)cc1. The van der Waals surface area contributed by atoms with Crippen LogP contribution in [0.2, 0.25) is 0 Å². The first kappa shape index (κ1) is 15.2. The molecule has 112 valence electrons. The van der Waals surface area contributed by atoms with Crippen LogP contribution in [0.25, 0.3) is 0 Å². The summed E-state index contributed by atoms with van der Waals surface area (Å²) in [6, 6.07) is 7.89. The number of hydrogen-bond donors (Lipinski definition) is 2.